The van der Waals surface area contributed by atoms with Crippen molar-refractivity contribution in [3.05, 3.63) is 0 Å². The molecule has 0 fully saturated rings. The van der Waals surface area contributed by atoms with Crippen molar-refractivity contribution in [3.63, 3.8) is 0 Å². The first-order valence-corrected chi connectivity index (χ1v) is 7.49. The fraction of sp³-hybridized carbons (Fsp3) is 1.00. The van der Waals surface area contributed by atoms with Crippen LogP contribution < -0.4 is 5.73 Å². The molecular formula is C10H24NO3P. The van der Waals surface area contributed by atoms with E-state index in [-0.39, 0.29) is 0 Å². The van der Waals surface area contributed by atoms with Crippen molar-refractivity contribution in [2.45, 2.75) is 39.5 Å². The van der Waals surface area contributed by atoms with Crippen molar-refractivity contribution in [3.8, 4) is 0 Å². The number of nitrogens with two attached hydrogens (primary N) is 1. The van der Waals surface area contributed by atoms with Gasteiger partial charge in [0.25, 0.3) is 0 Å². The summed E-state index contributed by atoms with van der Waals surface area (Å²) in [5.41, 5.74) is 5.39. The Morgan fingerprint density at radius 3 is 2.00 bits per heavy atom. The summed E-state index contributed by atoms with van der Waals surface area (Å²) >= 11 is 0. The highest BCUT2D eigenvalue weighted by molar-refractivity contribution is 7.53. The summed E-state index contributed by atoms with van der Waals surface area (Å²) in [5.74, 6) is 0. The van der Waals surface area contributed by atoms with Gasteiger partial charge in [0.1, 0.15) is 0 Å². The monoisotopic (exact) mass is 237 g/mol. The van der Waals surface area contributed by atoms with E-state index in [0.717, 1.165) is 32.2 Å². The van der Waals surface area contributed by atoms with E-state index in [2.05, 4.69) is 0 Å². The second kappa shape index (κ2) is 9.34. The maximum absolute atomic E-state index is 12.0. The lowest BCUT2D eigenvalue weighted by atomic mass is 10.2. The Kier molecular flexibility index (Phi) is 9.41. The molecule has 0 aromatic rings. The van der Waals surface area contributed by atoms with Crippen LogP contribution in [0.5, 0.6) is 0 Å². The van der Waals surface area contributed by atoms with Crippen LogP contribution in [-0.4, -0.2) is 25.9 Å². The third-order valence-corrected chi connectivity index (χ3v) is 4.20. The van der Waals surface area contributed by atoms with Gasteiger partial charge in [-0.1, -0.05) is 12.8 Å². The first-order valence-electron chi connectivity index (χ1n) is 5.76. The summed E-state index contributed by atoms with van der Waals surface area (Å²) in [7, 11) is -2.80. The van der Waals surface area contributed by atoms with Crippen LogP contribution in [-0.2, 0) is 13.6 Å². The molecule has 4 nitrogen and oxygen atoms in total. The quantitative estimate of drug-likeness (QED) is 0.469. The molecule has 0 spiro atoms. The van der Waals surface area contributed by atoms with Gasteiger partial charge in [0.15, 0.2) is 0 Å². The van der Waals surface area contributed by atoms with Crippen molar-refractivity contribution in [2.24, 2.45) is 5.73 Å². The second-order valence-electron chi connectivity index (χ2n) is 3.37. The standard InChI is InChI=1S/C10H24NO3P/c1-3-13-15(12,14-4-2)10-8-6-5-7-9-11/h3-11H2,1-2H3. The van der Waals surface area contributed by atoms with Crippen LogP contribution in [0.4, 0.5) is 0 Å². The molecule has 0 amide bonds. The van der Waals surface area contributed by atoms with Crippen LogP contribution in [0.3, 0.4) is 0 Å². The molecule has 0 aliphatic carbocycles. The van der Waals surface area contributed by atoms with Crippen molar-refractivity contribution >= 4 is 7.60 Å². The zero-order chi connectivity index (χ0) is 11.6. The summed E-state index contributed by atoms with van der Waals surface area (Å²) in [4.78, 5) is 0. The molecule has 0 aromatic carbocycles. The Morgan fingerprint density at radius 1 is 1.00 bits per heavy atom. The highest BCUT2D eigenvalue weighted by Crippen LogP contribution is 2.48. The molecule has 15 heavy (non-hydrogen) atoms. The summed E-state index contributed by atoms with van der Waals surface area (Å²) < 4.78 is 22.3. The van der Waals surface area contributed by atoms with Gasteiger partial charge in [0.05, 0.1) is 19.4 Å². The van der Waals surface area contributed by atoms with E-state index in [1.165, 1.54) is 0 Å². The lowest BCUT2D eigenvalue weighted by Gasteiger charge is -2.16. The predicted octanol–water partition coefficient (Wildman–Crippen LogP) is 2.77. The van der Waals surface area contributed by atoms with E-state index in [9.17, 15) is 4.57 Å². The zero-order valence-corrected chi connectivity index (χ0v) is 10.8. The minimum absolute atomic E-state index is 0.445. The van der Waals surface area contributed by atoms with Gasteiger partial charge in [0.2, 0.25) is 0 Å². The molecule has 0 aromatic heterocycles. The number of hydrogen-bond donors (Lipinski definition) is 1. The lowest BCUT2D eigenvalue weighted by molar-refractivity contribution is 0.219. The minimum atomic E-state index is -2.80. The molecule has 0 saturated heterocycles. The molecule has 5 heteroatoms. The highest BCUT2D eigenvalue weighted by Gasteiger charge is 2.22. The molecule has 0 unspecified atom stereocenters. The summed E-state index contributed by atoms with van der Waals surface area (Å²) in [6.45, 7) is 5.29. The van der Waals surface area contributed by atoms with Crippen molar-refractivity contribution in [2.75, 3.05) is 25.9 Å². The second-order valence-corrected chi connectivity index (χ2v) is 5.56. The third kappa shape index (κ3) is 7.97. The summed E-state index contributed by atoms with van der Waals surface area (Å²) in [6.07, 6.45) is 4.58. The van der Waals surface area contributed by atoms with Gasteiger partial charge < -0.3 is 14.8 Å². The molecule has 2 N–H and O–H groups in total. The number of rotatable bonds is 10. The molecule has 0 aliphatic heterocycles. The van der Waals surface area contributed by atoms with Crippen LogP contribution in [0, 0.1) is 0 Å². The van der Waals surface area contributed by atoms with E-state index in [1.54, 1.807) is 0 Å². The van der Waals surface area contributed by atoms with Gasteiger partial charge in [-0.25, -0.2) is 0 Å². The molecule has 0 bridgehead atoms. The van der Waals surface area contributed by atoms with Crippen LogP contribution in [0.1, 0.15) is 39.5 Å². The van der Waals surface area contributed by atoms with E-state index in [1.807, 2.05) is 13.8 Å². The van der Waals surface area contributed by atoms with Gasteiger partial charge in [-0.05, 0) is 33.2 Å². The molecule has 0 atom stereocenters. The zero-order valence-electron chi connectivity index (χ0n) is 9.91. The van der Waals surface area contributed by atoms with E-state index in [0.29, 0.717) is 19.4 Å². The van der Waals surface area contributed by atoms with Crippen LogP contribution >= 0.6 is 7.60 Å². The van der Waals surface area contributed by atoms with Gasteiger partial charge >= 0.3 is 7.60 Å². The topological polar surface area (TPSA) is 61.5 Å². The maximum Gasteiger partial charge on any atom is 0.330 e. The van der Waals surface area contributed by atoms with E-state index >= 15 is 0 Å². The van der Waals surface area contributed by atoms with Gasteiger partial charge in [-0.3, -0.25) is 4.57 Å². The van der Waals surface area contributed by atoms with Crippen molar-refractivity contribution in [1.82, 2.24) is 0 Å². The normalized spacial score (nSPS) is 11.9. The Morgan fingerprint density at radius 2 is 1.53 bits per heavy atom. The van der Waals surface area contributed by atoms with Gasteiger partial charge in [-0.15, -0.1) is 0 Å². The third-order valence-electron chi connectivity index (χ3n) is 2.04. The van der Waals surface area contributed by atoms with E-state index in [4.69, 9.17) is 14.8 Å². The molecule has 0 radical (unpaired) electrons. The smallest absolute Gasteiger partial charge is 0.330 e. The van der Waals surface area contributed by atoms with Crippen LogP contribution in [0.25, 0.3) is 0 Å². The molecule has 0 heterocycles. The first-order chi connectivity index (χ1) is 7.18. The summed E-state index contributed by atoms with van der Waals surface area (Å²) in [5, 5.41) is 0. The Balaban J connectivity index is 3.71. The Bertz CT molecular complexity index is 178. The predicted molar refractivity (Wildman–Crippen MR) is 63.2 cm³/mol. The maximum atomic E-state index is 12.0. The first kappa shape index (κ1) is 15.1. The fourth-order valence-corrected chi connectivity index (χ4v) is 3.09. The van der Waals surface area contributed by atoms with Crippen LogP contribution in [0.15, 0.2) is 0 Å². The molecule has 0 saturated carbocycles. The largest absolute Gasteiger partial charge is 0.330 e. The van der Waals surface area contributed by atoms with Crippen LogP contribution in [0.2, 0.25) is 0 Å². The molecule has 0 rings (SSSR count). The highest BCUT2D eigenvalue weighted by atomic mass is 31.2. The fourth-order valence-electron chi connectivity index (χ4n) is 1.36. The van der Waals surface area contributed by atoms with E-state index < -0.39 is 7.60 Å². The molecular weight excluding hydrogens is 213 g/mol. The van der Waals surface area contributed by atoms with Gasteiger partial charge in [-0.2, -0.15) is 0 Å². The summed E-state index contributed by atoms with van der Waals surface area (Å²) in [6, 6.07) is 0. The van der Waals surface area contributed by atoms with Crippen molar-refractivity contribution < 1.29 is 13.6 Å². The Hall–Kier alpha value is 0.110. The molecule has 92 valence electrons. The average molecular weight is 237 g/mol. The van der Waals surface area contributed by atoms with Gasteiger partial charge in [0, 0.05) is 0 Å². The number of hydrogen-bond acceptors (Lipinski definition) is 4. The average Bonchev–Trinajstić information content (AvgIpc) is 2.18. The minimum Gasteiger partial charge on any atom is -0.330 e. The lowest BCUT2D eigenvalue weighted by Crippen LogP contribution is -2.01. The molecule has 0 aliphatic rings. The number of unbranched alkanes of at least 4 members (excludes halogenated alkanes) is 3. The van der Waals surface area contributed by atoms with Crippen molar-refractivity contribution in [1.29, 1.82) is 0 Å². The SMILES string of the molecule is CCOP(=O)(CCCCCCN)OCC. The Labute approximate surface area is 93.1 Å².